The molecule has 2 rings (SSSR count). The summed E-state index contributed by atoms with van der Waals surface area (Å²) in [5.41, 5.74) is 2.36. The number of likely N-dealkylation sites (N-methyl/N-ethyl adjacent to an activating group) is 1. The van der Waals surface area contributed by atoms with Gasteiger partial charge in [0.1, 0.15) is 0 Å². The van der Waals surface area contributed by atoms with Gasteiger partial charge in [0, 0.05) is 35.4 Å². The summed E-state index contributed by atoms with van der Waals surface area (Å²) in [6.07, 6.45) is 3.50. The van der Waals surface area contributed by atoms with Gasteiger partial charge in [-0.3, -0.25) is 0 Å². The Kier molecular flexibility index (Phi) is 4.84. The third-order valence-corrected chi connectivity index (χ3v) is 3.23. The molecule has 4 heteroatoms. The van der Waals surface area contributed by atoms with E-state index in [0.29, 0.717) is 0 Å². The van der Waals surface area contributed by atoms with Crippen LogP contribution < -0.4 is 5.32 Å². The molecule has 0 amide bonds. The molecule has 18 heavy (non-hydrogen) atoms. The molecule has 3 nitrogen and oxygen atoms in total. The van der Waals surface area contributed by atoms with Crippen molar-refractivity contribution in [2.75, 3.05) is 25.5 Å². The summed E-state index contributed by atoms with van der Waals surface area (Å²) in [4.78, 5) is 2.26. The highest BCUT2D eigenvalue weighted by molar-refractivity contribution is 9.10. The lowest BCUT2D eigenvalue weighted by Gasteiger charge is -2.16. The Hall–Kier alpha value is -1.26. The maximum atomic E-state index is 5.05. The van der Waals surface area contributed by atoms with Crippen LogP contribution >= 0.6 is 15.9 Å². The summed E-state index contributed by atoms with van der Waals surface area (Å²) in [5, 5.41) is 3.40. The molecule has 1 N–H and O–H groups in total. The number of anilines is 1. The molecule has 0 saturated carbocycles. The topological polar surface area (TPSA) is 28.4 Å². The van der Waals surface area contributed by atoms with E-state index in [0.717, 1.165) is 29.8 Å². The van der Waals surface area contributed by atoms with E-state index in [2.05, 4.69) is 45.3 Å². The normalized spacial score (nSPS) is 10.8. The van der Waals surface area contributed by atoms with Crippen LogP contribution in [0.3, 0.4) is 0 Å². The van der Waals surface area contributed by atoms with Crippen molar-refractivity contribution in [3.05, 3.63) is 52.9 Å². The highest BCUT2D eigenvalue weighted by Gasteiger charge is 2.01. The fraction of sp³-hybridized carbons (Fsp3) is 0.286. The minimum atomic E-state index is 0.915. The number of nitrogens with one attached hydrogen (secondary N) is 1. The van der Waals surface area contributed by atoms with E-state index >= 15 is 0 Å². The second kappa shape index (κ2) is 6.61. The monoisotopic (exact) mass is 308 g/mol. The van der Waals surface area contributed by atoms with Gasteiger partial charge in [0.25, 0.3) is 0 Å². The third kappa shape index (κ3) is 4.20. The van der Waals surface area contributed by atoms with E-state index in [4.69, 9.17) is 4.42 Å². The van der Waals surface area contributed by atoms with Crippen LogP contribution in [0.15, 0.2) is 51.7 Å². The zero-order valence-corrected chi connectivity index (χ0v) is 12.0. The van der Waals surface area contributed by atoms with Gasteiger partial charge < -0.3 is 14.6 Å². The van der Waals surface area contributed by atoms with Gasteiger partial charge in [-0.05, 0) is 37.4 Å². The molecule has 0 aliphatic carbocycles. The smallest absolute Gasteiger partial charge is 0.0947 e. The predicted octanol–water partition coefficient (Wildman–Crippen LogP) is 3.59. The summed E-state index contributed by atoms with van der Waals surface area (Å²) in [5.74, 6) is 0. The molecule has 0 aliphatic heterocycles. The fourth-order valence-electron chi connectivity index (χ4n) is 1.73. The van der Waals surface area contributed by atoms with Crippen molar-refractivity contribution in [1.82, 2.24) is 4.90 Å². The molecule has 0 bridgehead atoms. The standard InChI is InChI=1S/C14H17BrN2O/c1-17(10-12-6-9-18-11-12)8-7-16-14-4-2-13(15)3-5-14/h2-6,9,11,16H,7-8,10H2,1H3. The number of hydrogen-bond donors (Lipinski definition) is 1. The zero-order valence-electron chi connectivity index (χ0n) is 10.4. The minimum Gasteiger partial charge on any atom is -0.472 e. The molecule has 1 heterocycles. The van der Waals surface area contributed by atoms with Crippen LogP contribution in [0.25, 0.3) is 0 Å². The van der Waals surface area contributed by atoms with Crippen LogP contribution in [0.2, 0.25) is 0 Å². The maximum absolute atomic E-state index is 5.05. The van der Waals surface area contributed by atoms with Crippen LogP contribution in [-0.2, 0) is 6.54 Å². The van der Waals surface area contributed by atoms with E-state index in [1.807, 2.05) is 18.2 Å². The van der Waals surface area contributed by atoms with Gasteiger partial charge in [-0.1, -0.05) is 15.9 Å². The van der Waals surface area contributed by atoms with Crippen molar-refractivity contribution in [2.45, 2.75) is 6.54 Å². The molecule has 0 radical (unpaired) electrons. The molecule has 1 aromatic heterocycles. The fourth-order valence-corrected chi connectivity index (χ4v) is 2.00. The van der Waals surface area contributed by atoms with E-state index < -0.39 is 0 Å². The first-order valence-corrected chi connectivity index (χ1v) is 6.72. The Labute approximate surface area is 116 Å². The Bertz CT molecular complexity index is 453. The molecule has 0 saturated heterocycles. The molecule has 0 aliphatic rings. The van der Waals surface area contributed by atoms with Crippen LogP contribution in [0.1, 0.15) is 5.56 Å². The van der Waals surface area contributed by atoms with Crippen molar-refractivity contribution in [1.29, 1.82) is 0 Å². The number of nitrogens with zero attached hydrogens (tertiary/aromatic N) is 1. The van der Waals surface area contributed by atoms with Crippen molar-refractivity contribution in [3.63, 3.8) is 0 Å². The highest BCUT2D eigenvalue weighted by Crippen LogP contribution is 2.13. The van der Waals surface area contributed by atoms with Crippen molar-refractivity contribution in [3.8, 4) is 0 Å². The van der Waals surface area contributed by atoms with Crippen LogP contribution in [-0.4, -0.2) is 25.0 Å². The van der Waals surface area contributed by atoms with Gasteiger partial charge >= 0.3 is 0 Å². The summed E-state index contributed by atoms with van der Waals surface area (Å²) in [6.45, 7) is 2.83. The van der Waals surface area contributed by atoms with Crippen LogP contribution in [0.5, 0.6) is 0 Å². The Balaban J connectivity index is 1.70. The molecular formula is C14H17BrN2O. The molecule has 0 atom stereocenters. The number of rotatable bonds is 6. The highest BCUT2D eigenvalue weighted by atomic mass is 79.9. The van der Waals surface area contributed by atoms with E-state index in [-0.39, 0.29) is 0 Å². The zero-order chi connectivity index (χ0) is 12.8. The van der Waals surface area contributed by atoms with Crippen molar-refractivity contribution < 1.29 is 4.42 Å². The molecule has 0 fully saturated rings. The van der Waals surface area contributed by atoms with Gasteiger partial charge in [-0.2, -0.15) is 0 Å². The lowest BCUT2D eigenvalue weighted by molar-refractivity contribution is 0.338. The van der Waals surface area contributed by atoms with Gasteiger partial charge in [0.2, 0.25) is 0 Å². The van der Waals surface area contributed by atoms with Crippen molar-refractivity contribution >= 4 is 21.6 Å². The number of benzene rings is 1. The van der Waals surface area contributed by atoms with Crippen LogP contribution in [0, 0.1) is 0 Å². The van der Waals surface area contributed by atoms with E-state index in [9.17, 15) is 0 Å². The molecule has 1 aromatic carbocycles. The summed E-state index contributed by atoms with van der Waals surface area (Å²) in [7, 11) is 2.11. The quantitative estimate of drug-likeness (QED) is 0.884. The molecule has 2 aromatic rings. The van der Waals surface area contributed by atoms with Gasteiger partial charge in [0.15, 0.2) is 0 Å². The van der Waals surface area contributed by atoms with E-state index in [1.165, 1.54) is 5.56 Å². The second-order valence-corrected chi connectivity index (χ2v) is 5.22. The van der Waals surface area contributed by atoms with E-state index in [1.54, 1.807) is 12.5 Å². The first-order chi connectivity index (χ1) is 8.74. The summed E-state index contributed by atoms with van der Waals surface area (Å²) < 4.78 is 6.16. The first-order valence-electron chi connectivity index (χ1n) is 5.93. The first kappa shape index (κ1) is 13.2. The summed E-state index contributed by atoms with van der Waals surface area (Å²) >= 11 is 3.43. The number of halogens is 1. The Morgan fingerprint density at radius 2 is 2.00 bits per heavy atom. The Morgan fingerprint density at radius 1 is 1.22 bits per heavy atom. The average Bonchev–Trinajstić information content (AvgIpc) is 2.84. The SMILES string of the molecule is CN(CCNc1ccc(Br)cc1)Cc1ccoc1. The molecule has 96 valence electrons. The summed E-state index contributed by atoms with van der Waals surface area (Å²) in [6, 6.07) is 10.2. The third-order valence-electron chi connectivity index (χ3n) is 2.70. The Morgan fingerprint density at radius 3 is 2.67 bits per heavy atom. The predicted molar refractivity (Wildman–Crippen MR) is 77.7 cm³/mol. The maximum Gasteiger partial charge on any atom is 0.0947 e. The second-order valence-electron chi connectivity index (χ2n) is 4.30. The lowest BCUT2D eigenvalue weighted by atomic mass is 10.3. The number of furan rings is 1. The average molecular weight is 309 g/mol. The number of hydrogen-bond acceptors (Lipinski definition) is 3. The van der Waals surface area contributed by atoms with Crippen LogP contribution in [0.4, 0.5) is 5.69 Å². The lowest BCUT2D eigenvalue weighted by Crippen LogP contribution is -2.24. The largest absolute Gasteiger partial charge is 0.472 e. The molecular weight excluding hydrogens is 292 g/mol. The van der Waals surface area contributed by atoms with Gasteiger partial charge in [0.05, 0.1) is 12.5 Å². The van der Waals surface area contributed by atoms with Gasteiger partial charge in [-0.25, -0.2) is 0 Å². The van der Waals surface area contributed by atoms with Crippen molar-refractivity contribution in [2.24, 2.45) is 0 Å². The van der Waals surface area contributed by atoms with Gasteiger partial charge in [-0.15, -0.1) is 0 Å². The minimum absolute atomic E-state index is 0.915. The molecule has 0 spiro atoms. The molecule has 0 unspecified atom stereocenters.